The van der Waals surface area contributed by atoms with Crippen molar-refractivity contribution in [1.29, 1.82) is 0 Å². The normalized spacial score (nSPS) is 12.5. The summed E-state index contributed by atoms with van der Waals surface area (Å²) in [7, 11) is 0. The van der Waals surface area contributed by atoms with Gasteiger partial charge in [-0.05, 0) is 275 Å². The van der Waals surface area contributed by atoms with Gasteiger partial charge in [-0.1, -0.05) is 380 Å². The van der Waals surface area contributed by atoms with Crippen LogP contribution in [-0.4, -0.2) is 0 Å². The van der Waals surface area contributed by atoms with Crippen LogP contribution < -0.4 is 14.7 Å². The van der Waals surface area contributed by atoms with Gasteiger partial charge >= 0.3 is 0 Å². The predicted molar refractivity (Wildman–Crippen MR) is 606 cm³/mol. The summed E-state index contributed by atoms with van der Waals surface area (Å²) in [5, 5.41) is 9.09. The molecule has 28 rings (SSSR count). The van der Waals surface area contributed by atoms with Gasteiger partial charge in [-0.2, -0.15) is 0 Å². The van der Waals surface area contributed by atoms with Crippen LogP contribution in [-0.2, 0) is 10.8 Å². The van der Waals surface area contributed by atoms with Gasteiger partial charge in [0.1, 0.15) is 44.7 Å². The number of nitrogens with zero attached hydrogens (tertiary/aromatic N) is 3. The molecule has 145 heavy (non-hydrogen) atoms. The molecule has 0 radical (unpaired) electrons. The second-order valence-electron chi connectivity index (χ2n) is 38.9. The van der Waals surface area contributed by atoms with Gasteiger partial charge in [0.25, 0.3) is 0 Å². The summed E-state index contributed by atoms with van der Waals surface area (Å²) in [6.45, 7) is 9.38. The summed E-state index contributed by atoms with van der Waals surface area (Å²) in [6.07, 6.45) is 0. The summed E-state index contributed by atoms with van der Waals surface area (Å²) < 4.78 is 24.8. The van der Waals surface area contributed by atoms with Gasteiger partial charge in [0.05, 0.1) is 0 Å². The van der Waals surface area contributed by atoms with Gasteiger partial charge in [-0.15, -0.1) is 0 Å². The lowest BCUT2D eigenvalue weighted by Gasteiger charge is -2.28. The molecule has 0 unspecified atom stereocenters. The molecule has 0 amide bonds. The summed E-state index contributed by atoms with van der Waals surface area (Å²) in [5.74, 6) is 0. The number of para-hydroxylation sites is 7. The monoisotopic (exact) mass is 1860 g/mol. The Bertz CT molecular complexity index is 9380. The van der Waals surface area contributed by atoms with Crippen molar-refractivity contribution in [3.05, 3.63) is 538 Å². The van der Waals surface area contributed by atoms with Crippen molar-refractivity contribution >= 4 is 139 Å². The Morgan fingerprint density at radius 2 is 0.386 bits per heavy atom. The zero-order chi connectivity index (χ0) is 96.8. The average molecular weight is 1860 g/mol. The van der Waals surface area contributed by atoms with Gasteiger partial charge in [-0.3, -0.25) is 0 Å². The standard InChI is InChI=1S/C48H31NO2.C48H39N.C42H27NO2/c1-2-9-32(10-3-1)33-17-24-37(25-18-33)49(38-26-19-34(20-27-38)36-23-30-47-44(31-36)42-12-5-6-15-45(42)50-47)39-28-21-35(22-29-39)40-13-8-14-43-41-11-4-7-16-46(41)51-48(40)43;1-47(2)44-17-11-9-15-40(44)42-30-35(22-29-45(42)47)34-20-25-37(26-21-34)49(36-23-18-33(19-24-36)32-12-6-5-7-13-32)38-27-28-41-39-14-8-10-16-43(39)48(3,4)46(41)31-38;1-2-9-31(10-3-1)43(32-22-17-28(18-23-32)30-21-26-41-38(27-30)36-12-5-6-15-39(36)44-41)33-24-19-29(20-25-33)34-13-8-14-37-35-11-4-7-16-40(35)45-42(34)37/h1-31H;5-31H,1-4H3;1-27H. The molecule has 0 fully saturated rings. The number of hydrogen-bond acceptors (Lipinski definition) is 7. The third-order valence-electron chi connectivity index (χ3n) is 29.7. The smallest absolute Gasteiger partial charge is 0.143 e. The maximum absolute atomic E-state index is 6.37. The van der Waals surface area contributed by atoms with Crippen molar-refractivity contribution in [1.82, 2.24) is 0 Å². The third-order valence-corrected chi connectivity index (χ3v) is 29.7. The first-order chi connectivity index (χ1) is 71.4. The van der Waals surface area contributed by atoms with Gasteiger partial charge in [0.2, 0.25) is 0 Å². The fourth-order valence-corrected chi connectivity index (χ4v) is 22.3. The lowest BCUT2D eigenvalue weighted by molar-refractivity contribution is 0.660. The molecule has 688 valence electrons. The third kappa shape index (κ3) is 15.7. The van der Waals surface area contributed by atoms with E-state index in [1.165, 1.54) is 77.9 Å². The van der Waals surface area contributed by atoms with E-state index in [1.54, 1.807) is 0 Å². The van der Waals surface area contributed by atoms with Crippen LogP contribution in [0.2, 0.25) is 0 Å². The van der Waals surface area contributed by atoms with E-state index in [9.17, 15) is 0 Å². The molecule has 0 atom stereocenters. The maximum Gasteiger partial charge on any atom is 0.143 e. The Labute approximate surface area is 842 Å². The fourth-order valence-electron chi connectivity index (χ4n) is 22.3. The number of hydrogen-bond donors (Lipinski definition) is 0. The molecule has 2 aliphatic carbocycles. The highest BCUT2D eigenvalue weighted by Gasteiger charge is 2.38. The van der Waals surface area contributed by atoms with E-state index in [0.29, 0.717) is 0 Å². The number of rotatable bonds is 16. The molecule has 22 aromatic carbocycles. The van der Waals surface area contributed by atoms with Crippen LogP contribution in [0.3, 0.4) is 0 Å². The quantitative estimate of drug-likeness (QED) is 0.0955. The van der Waals surface area contributed by atoms with Crippen molar-refractivity contribution in [2.45, 2.75) is 38.5 Å². The zero-order valence-corrected chi connectivity index (χ0v) is 80.5. The number of fused-ring (bicyclic) bond motifs is 18. The minimum absolute atomic E-state index is 0.0106. The molecule has 7 heteroatoms. The van der Waals surface area contributed by atoms with Crippen molar-refractivity contribution in [3.8, 4) is 100 Å². The zero-order valence-electron chi connectivity index (χ0n) is 80.5. The first-order valence-electron chi connectivity index (χ1n) is 49.8. The second-order valence-corrected chi connectivity index (χ2v) is 38.9. The van der Waals surface area contributed by atoms with E-state index in [4.69, 9.17) is 17.7 Å². The molecule has 4 aromatic heterocycles. The highest BCUT2D eigenvalue weighted by molar-refractivity contribution is 6.12. The Morgan fingerprint density at radius 3 is 0.793 bits per heavy atom. The van der Waals surface area contributed by atoms with Crippen LogP contribution in [0.15, 0.2) is 533 Å². The predicted octanol–water partition coefficient (Wildman–Crippen LogP) is 39.3. The van der Waals surface area contributed by atoms with Crippen LogP contribution in [0.5, 0.6) is 0 Å². The average Bonchev–Trinajstić information content (AvgIpc) is 1.58. The highest BCUT2D eigenvalue weighted by Crippen LogP contribution is 2.54. The van der Waals surface area contributed by atoms with Gasteiger partial charge in [0, 0.05) is 116 Å². The molecule has 4 heterocycles. The summed E-state index contributed by atoms with van der Waals surface area (Å²) >= 11 is 0. The van der Waals surface area contributed by atoms with E-state index >= 15 is 0 Å². The highest BCUT2D eigenvalue weighted by atomic mass is 16.3. The van der Waals surface area contributed by atoms with E-state index in [1.807, 2.05) is 48.5 Å². The van der Waals surface area contributed by atoms with Crippen LogP contribution in [0.4, 0.5) is 51.2 Å². The molecule has 26 aromatic rings. The minimum Gasteiger partial charge on any atom is -0.456 e. The molecule has 7 nitrogen and oxygen atoms in total. The Hall–Kier alpha value is -18.6. The Morgan fingerprint density at radius 1 is 0.138 bits per heavy atom. The van der Waals surface area contributed by atoms with Crippen molar-refractivity contribution in [2.24, 2.45) is 0 Å². The molecule has 0 spiro atoms. The van der Waals surface area contributed by atoms with Crippen molar-refractivity contribution in [3.63, 3.8) is 0 Å². The van der Waals surface area contributed by atoms with Crippen LogP contribution in [0.25, 0.3) is 188 Å². The van der Waals surface area contributed by atoms with Crippen molar-refractivity contribution < 1.29 is 17.7 Å². The maximum atomic E-state index is 6.37. The van der Waals surface area contributed by atoms with Crippen LogP contribution >= 0.6 is 0 Å². The Balaban J connectivity index is 0.000000111. The molecular weight excluding hydrogens is 1760 g/mol. The first-order valence-corrected chi connectivity index (χ1v) is 49.8. The summed E-state index contributed by atoms with van der Waals surface area (Å²) in [6, 6.07) is 184. The lowest BCUT2D eigenvalue weighted by atomic mass is 9.82. The number of anilines is 9. The molecular formula is C138H97N3O4. The summed E-state index contributed by atoms with van der Waals surface area (Å²) in [4.78, 5) is 7.01. The second kappa shape index (κ2) is 36.0. The number of benzene rings is 22. The fraction of sp³-hybridized carbons (Fsp3) is 0.0435. The number of furan rings is 4. The van der Waals surface area contributed by atoms with Gasteiger partial charge in [-0.25, -0.2) is 0 Å². The summed E-state index contributed by atoms with van der Waals surface area (Å²) in [5.41, 5.74) is 44.5. The lowest BCUT2D eigenvalue weighted by Crippen LogP contribution is -2.16. The van der Waals surface area contributed by atoms with E-state index < -0.39 is 0 Å². The SMILES string of the molecule is CC1(C)c2ccccc2-c2cc(-c3ccc(N(c4ccc(-c5ccccc5)cc4)c4ccc5c(c4)C(C)(C)c4ccccc4-5)cc3)ccc21.c1ccc(-c2ccc(N(c3ccc(-c4ccc5oc6ccccc6c5c4)cc3)c3ccc(-c4cccc5c4oc4ccccc45)cc3)cc2)cc1.c1ccc(N(c2ccc(-c3ccc4oc5ccccc5c4c3)cc2)c2ccc(-c3cccc4c3oc3ccccc34)cc2)cc1. The van der Waals surface area contributed by atoms with Crippen molar-refractivity contribution in [2.75, 3.05) is 14.7 Å². The largest absolute Gasteiger partial charge is 0.456 e. The molecule has 2 aliphatic rings. The van der Waals surface area contributed by atoms with E-state index in [0.717, 1.165) is 183 Å². The van der Waals surface area contributed by atoms with E-state index in [-0.39, 0.29) is 10.8 Å². The molecule has 0 aliphatic heterocycles. The Kier molecular flexibility index (Phi) is 21.5. The molecule has 0 saturated carbocycles. The van der Waals surface area contributed by atoms with Gasteiger partial charge in [0.15, 0.2) is 0 Å². The molecule has 0 bridgehead atoms. The minimum atomic E-state index is -0.0740. The molecule has 0 N–H and O–H groups in total. The van der Waals surface area contributed by atoms with Gasteiger partial charge < -0.3 is 32.4 Å². The molecule has 0 saturated heterocycles. The van der Waals surface area contributed by atoms with Crippen LogP contribution in [0, 0.1) is 0 Å². The van der Waals surface area contributed by atoms with Crippen LogP contribution in [0.1, 0.15) is 49.9 Å². The first kappa shape index (κ1) is 86.8. The van der Waals surface area contributed by atoms with E-state index in [2.05, 4.69) is 510 Å². The topological polar surface area (TPSA) is 62.3 Å².